The van der Waals surface area contributed by atoms with Gasteiger partial charge in [0.1, 0.15) is 5.78 Å². The summed E-state index contributed by atoms with van der Waals surface area (Å²) in [5.74, 6) is 0.0663. The summed E-state index contributed by atoms with van der Waals surface area (Å²) < 4.78 is 0. The monoisotopic (exact) mass is 158 g/mol. The molecule has 0 rings (SSSR count). The third kappa shape index (κ3) is 3.02. The largest absolute Gasteiger partial charge is 0.392 e. The predicted octanol–water partition coefficient (Wildman–Crippen LogP) is 1.62. The number of carbonyl (C=O) groups excluding carboxylic acids is 1. The van der Waals surface area contributed by atoms with Crippen LogP contribution in [0.3, 0.4) is 0 Å². The van der Waals surface area contributed by atoms with Crippen LogP contribution >= 0.6 is 0 Å². The normalized spacial score (nSPS) is 19.0. The van der Waals surface area contributed by atoms with Gasteiger partial charge in [-0.15, -0.1) is 0 Å². The number of ketones is 1. The van der Waals surface area contributed by atoms with Gasteiger partial charge in [0.05, 0.1) is 6.10 Å². The molecule has 0 aliphatic heterocycles. The summed E-state index contributed by atoms with van der Waals surface area (Å²) in [5, 5.41) is 9.54. The van der Waals surface area contributed by atoms with Gasteiger partial charge in [-0.1, -0.05) is 27.2 Å². The molecule has 3 atom stereocenters. The molecule has 0 aliphatic rings. The molecule has 66 valence electrons. The van der Waals surface area contributed by atoms with E-state index < -0.39 is 6.10 Å². The first-order chi connectivity index (χ1) is 5.00. The summed E-state index contributed by atoms with van der Waals surface area (Å²) >= 11 is 0. The van der Waals surface area contributed by atoms with Crippen molar-refractivity contribution < 1.29 is 9.90 Å². The van der Waals surface area contributed by atoms with E-state index in [-0.39, 0.29) is 17.6 Å². The fourth-order valence-electron chi connectivity index (χ4n) is 0.975. The molecule has 0 heterocycles. The molecule has 0 bridgehead atoms. The van der Waals surface area contributed by atoms with Crippen molar-refractivity contribution in [2.24, 2.45) is 11.8 Å². The van der Waals surface area contributed by atoms with Crippen LogP contribution in [0.4, 0.5) is 0 Å². The van der Waals surface area contributed by atoms with Gasteiger partial charge in [0.25, 0.3) is 0 Å². The highest BCUT2D eigenvalue weighted by Gasteiger charge is 2.22. The second kappa shape index (κ2) is 4.50. The first kappa shape index (κ1) is 10.6. The van der Waals surface area contributed by atoms with E-state index in [1.165, 1.54) is 6.92 Å². The third-order valence-corrected chi connectivity index (χ3v) is 2.38. The number of Topliss-reactive ketones (excluding diaryl/α,β-unsaturated/α-hetero) is 1. The minimum Gasteiger partial charge on any atom is -0.392 e. The molecule has 0 aromatic heterocycles. The Bertz CT molecular complexity index is 132. The molecule has 0 amide bonds. The van der Waals surface area contributed by atoms with E-state index in [4.69, 9.17) is 0 Å². The topological polar surface area (TPSA) is 37.3 Å². The van der Waals surface area contributed by atoms with Gasteiger partial charge in [-0.2, -0.15) is 0 Å². The Kier molecular flexibility index (Phi) is 4.34. The lowest BCUT2D eigenvalue weighted by atomic mass is 9.89. The molecule has 0 aromatic carbocycles. The van der Waals surface area contributed by atoms with Crippen LogP contribution in [0.1, 0.15) is 34.1 Å². The lowest BCUT2D eigenvalue weighted by Crippen LogP contribution is -2.29. The summed E-state index contributed by atoms with van der Waals surface area (Å²) in [6.45, 7) is 7.28. The Morgan fingerprint density at radius 3 is 2.18 bits per heavy atom. The highest BCUT2D eigenvalue weighted by molar-refractivity contribution is 5.78. The number of rotatable bonds is 4. The molecular weight excluding hydrogens is 140 g/mol. The summed E-state index contributed by atoms with van der Waals surface area (Å²) in [6, 6.07) is 0. The maximum Gasteiger partial charge on any atom is 0.135 e. The maximum absolute atomic E-state index is 10.8. The van der Waals surface area contributed by atoms with Crippen LogP contribution in [-0.4, -0.2) is 17.0 Å². The van der Waals surface area contributed by atoms with Crippen molar-refractivity contribution in [2.45, 2.75) is 40.2 Å². The Hall–Kier alpha value is -0.370. The smallest absolute Gasteiger partial charge is 0.135 e. The summed E-state index contributed by atoms with van der Waals surface area (Å²) in [4.78, 5) is 10.8. The van der Waals surface area contributed by atoms with Crippen molar-refractivity contribution in [3.8, 4) is 0 Å². The first-order valence-corrected chi connectivity index (χ1v) is 4.19. The molecule has 2 nitrogen and oxygen atoms in total. The van der Waals surface area contributed by atoms with Gasteiger partial charge in [0.15, 0.2) is 0 Å². The third-order valence-electron chi connectivity index (χ3n) is 2.38. The number of aliphatic hydroxyl groups is 1. The average Bonchev–Trinajstić information content (AvgIpc) is 2.00. The lowest BCUT2D eigenvalue weighted by Gasteiger charge is -2.21. The van der Waals surface area contributed by atoms with Crippen LogP contribution in [0, 0.1) is 11.8 Å². The van der Waals surface area contributed by atoms with Gasteiger partial charge in [0, 0.05) is 5.92 Å². The molecule has 0 saturated carbocycles. The molecule has 0 radical (unpaired) electrons. The van der Waals surface area contributed by atoms with Gasteiger partial charge >= 0.3 is 0 Å². The van der Waals surface area contributed by atoms with E-state index in [2.05, 4.69) is 0 Å². The Morgan fingerprint density at radius 2 is 1.91 bits per heavy atom. The highest BCUT2D eigenvalue weighted by atomic mass is 16.3. The standard InChI is InChI=1S/C9H18O2/c1-5-6(2)9(11)7(3)8(4)10/h6-7,9,11H,5H2,1-4H3/t6-,7-,9-/m1/s1. The molecule has 2 heteroatoms. The average molecular weight is 158 g/mol. The molecule has 1 N–H and O–H groups in total. The van der Waals surface area contributed by atoms with Crippen molar-refractivity contribution in [3.05, 3.63) is 0 Å². The van der Waals surface area contributed by atoms with Crippen molar-refractivity contribution in [3.63, 3.8) is 0 Å². The van der Waals surface area contributed by atoms with Crippen LogP contribution in [0.25, 0.3) is 0 Å². The van der Waals surface area contributed by atoms with Crippen molar-refractivity contribution in [1.29, 1.82) is 0 Å². The minimum atomic E-state index is -0.475. The maximum atomic E-state index is 10.8. The zero-order valence-corrected chi connectivity index (χ0v) is 7.79. The van der Waals surface area contributed by atoms with Gasteiger partial charge < -0.3 is 5.11 Å². The second-order valence-electron chi connectivity index (χ2n) is 3.28. The number of hydrogen-bond donors (Lipinski definition) is 1. The Morgan fingerprint density at radius 1 is 1.45 bits per heavy atom. The quantitative estimate of drug-likeness (QED) is 0.675. The van der Waals surface area contributed by atoms with E-state index in [1.807, 2.05) is 13.8 Å². The SMILES string of the molecule is CC[C@@H](C)[C@@H](O)[C@H](C)C(C)=O. The van der Waals surface area contributed by atoms with Gasteiger partial charge in [0.2, 0.25) is 0 Å². The fourth-order valence-corrected chi connectivity index (χ4v) is 0.975. The van der Waals surface area contributed by atoms with Gasteiger partial charge in [-0.05, 0) is 12.8 Å². The summed E-state index contributed by atoms with van der Waals surface area (Å²) in [7, 11) is 0. The van der Waals surface area contributed by atoms with Crippen molar-refractivity contribution >= 4 is 5.78 Å². The molecule has 0 aromatic rings. The van der Waals surface area contributed by atoms with E-state index in [9.17, 15) is 9.90 Å². The molecule has 0 aliphatic carbocycles. The van der Waals surface area contributed by atoms with Crippen LogP contribution < -0.4 is 0 Å². The van der Waals surface area contributed by atoms with Gasteiger partial charge in [-0.25, -0.2) is 0 Å². The van der Waals surface area contributed by atoms with E-state index in [1.54, 1.807) is 6.92 Å². The van der Waals surface area contributed by atoms with Crippen LogP contribution in [-0.2, 0) is 4.79 Å². The second-order valence-corrected chi connectivity index (χ2v) is 3.28. The van der Waals surface area contributed by atoms with Crippen LogP contribution in [0.15, 0.2) is 0 Å². The molecule has 11 heavy (non-hydrogen) atoms. The first-order valence-electron chi connectivity index (χ1n) is 4.19. The predicted molar refractivity (Wildman–Crippen MR) is 45.3 cm³/mol. The van der Waals surface area contributed by atoms with E-state index in [0.717, 1.165) is 6.42 Å². The van der Waals surface area contributed by atoms with Crippen LogP contribution in [0.5, 0.6) is 0 Å². The fraction of sp³-hybridized carbons (Fsp3) is 0.889. The Balaban J connectivity index is 4.00. The summed E-state index contributed by atoms with van der Waals surface area (Å²) in [5.41, 5.74) is 0. The molecule has 0 fully saturated rings. The van der Waals surface area contributed by atoms with Crippen molar-refractivity contribution in [2.75, 3.05) is 0 Å². The van der Waals surface area contributed by atoms with Gasteiger partial charge in [-0.3, -0.25) is 4.79 Å². The molecule has 0 unspecified atom stereocenters. The van der Waals surface area contributed by atoms with E-state index >= 15 is 0 Å². The number of carbonyl (C=O) groups is 1. The molecular formula is C9H18O2. The molecule has 0 spiro atoms. The molecule has 0 saturated heterocycles. The van der Waals surface area contributed by atoms with E-state index in [0.29, 0.717) is 0 Å². The Labute approximate surface area is 68.6 Å². The zero-order valence-electron chi connectivity index (χ0n) is 7.79. The summed E-state index contributed by atoms with van der Waals surface area (Å²) in [6.07, 6.45) is 0.441. The highest BCUT2D eigenvalue weighted by Crippen LogP contribution is 2.16. The number of aliphatic hydroxyl groups excluding tert-OH is 1. The number of hydrogen-bond acceptors (Lipinski definition) is 2. The van der Waals surface area contributed by atoms with Crippen molar-refractivity contribution in [1.82, 2.24) is 0 Å². The minimum absolute atomic E-state index is 0.0674. The zero-order chi connectivity index (χ0) is 9.02. The lowest BCUT2D eigenvalue weighted by molar-refractivity contribution is -0.124. The van der Waals surface area contributed by atoms with Crippen LogP contribution in [0.2, 0.25) is 0 Å².